The molecule has 1 saturated carbocycles. The first-order valence-corrected chi connectivity index (χ1v) is 7.61. The molecule has 1 fully saturated rings. The van der Waals surface area contributed by atoms with E-state index in [0.29, 0.717) is 0 Å². The third-order valence-electron chi connectivity index (χ3n) is 3.80. The fraction of sp³-hybridized carbons (Fsp3) is 0.471. The zero-order valence-corrected chi connectivity index (χ0v) is 12.4. The molecule has 3 rings (SSSR count). The number of hydrogen-bond donors (Lipinski definition) is 1. The van der Waals surface area contributed by atoms with Gasteiger partial charge in [0.2, 0.25) is 0 Å². The maximum atomic E-state index is 4.59. The molecular formula is C17H23N3. The number of aromatic nitrogens is 2. The molecule has 20 heavy (non-hydrogen) atoms. The van der Waals surface area contributed by atoms with Crippen LogP contribution in [0, 0.1) is 0 Å². The maximum absolute atomic E-state index is 4.59. The van der Waals surface area contributed by atoms with Crippen molar-refractivity contribution in [2.24, 2.45) is 7.05 Å². The summed E-state index contributed by atoms with van der Waals surface area (Å²) >= 11 is 0. The van der Waals surface area contributed by atoms with E-state index in [1.165, 1.54) is 35.2 Å². The van der Waals surface area contributed by atoms with E-state index in [2.05, 4.69) is 47.8 Å². The third kappa shape index (κ3) is 3.10. The molecule has 1 N–H and O–H groups in total. The van der Waals surface area contributed by atoms with Gasteiger partial charge in [0.1, 0.15) is 0 Å². The quantitative estimate of drug-likeness (QED) is 0.872. The zero-order chi connectivity index (χ0) is 13.9. The van der Waals surface area contributed by atoms with E-state index < -0.39 is 0 Å². The van der Waals surface area contributed by atoms with Crippen molar-refractivity contribution in [3.63, 3.8) is 0 Å². The van der Waals surface area contributed by atoms with Gasteiger partial charge in [0.15, 0.2) is 0 Å². The minimum absolute atomic E-state index is 0.757. The summed E-state index contributed by atoms with van der Waals surface area (Å²) in [6.07, 6.45) is 6.98. The first-order valence-electron chi connectivity index (χ1n) is 7.61. The Bertz CT molecular complexity index is 582. The van der Waals surface area contributed by atoms with Crippen molar-refractivity contribution in [3.8, 4) is 11.1 Å². The van der Waals surface area contributed by atoms with Crippen LogP contribution in [0.4, 0.5) is 0 Å². The number of rotatable bonds is 6. The lowest BCUT2D eigenvalue weighted by Gasteiger charge is -2.06. The van der Waals surface area contributed by atoms with Crippen LogP contribution >= 0.6 is 0 Å². The molecule has 2 aromatic rings. The molecule has 3 heteroatoms. The molecule has 106 valence electrons. The molecule has 0 bridgehead atoms. The van der Waals surface area contributed by atoms with Crippen molar-refractivity contribution >= 4 is 0 Å². The summed E-state index contributed by atoms with van der Waals surface area (Å²) in [6, 6.07) is 9.60. The van der Waals surface area contributed by atoms with Crippen LogP contribution in [-0.2, 0) is 20.0 Å². The van der Waals surface area contributed by atoms with Crippen LogP contribution in [0.25, 0.3) is 11.1 Å². The van der Waals surface area contributed by atoms with Gasteiger partial charge in [-0.05, 0) is 36.5 Å². The molecular weight excluding hydrogens is 246 g/mol. The fourth-order valence-electron chi connectivity index (χ4n) is 2.60. The molecule has 1 aliphatic rings. The number of nitrogens with zero attached hydrogens (tertiary/aromatic N) is 2. The van der Waals surface area contributed by atoms with Crippen molar-refractivity contribution in [1.29, 1.82) is 0 Å². The Labute approximate surface area is 121 Å². The molecule has 3 nitrogen and oxygen atoms in total. The van der Waals surface area contributed by atoms with Gasteiger partial charge in [-0.1, -0.05) is 31.5 Å². The maximum Gasteiger partial charge on any atom is 0.0702 e. The van der Waals surface area contributed by atoms with Crippen LogP contribution in [0.3, 0.4) is 0 Å². The minimum atomic E-state index is 0.757. The van der Waals surface area contributed by atoms with E-state index in [4.69, 9.17) is 0 Å². The summed E-state index contributed by atoms with van der Waals surface area (Å²) in [4.78, 5) is 0. The zero-order valence-electron chi connectivity index (χ0n) is 12.4. The summed E-state index contributed by atoms with van der Waals surface area (Å²) in [5.41, 5.74) is 5.14. The minimum Gasteiger partial charge on any atom is -0.310 e. The smallest absolute Gasteiger partial charge is 0.0702 e. The van der Waals surface area contributed by atoms with Gasteiger partial charge in [-0.3, -0.25) is 4.68 Å². The van der Waals surface area contributed by atoms with Crippen molar-refractivity contribution in [1.82, 2.24) is 15.1 Å². The molecule has 0 amide bonds. The monoisotopic (exact) mass is 269 g/mol. The largest absolute Gasteiger partial charge is 0.310 e. The average Bonchev–Trinajstić information content (AvgIpc) is 3.20. The average molecular weight is 269 g/mol. The summed E-state index contributed by atoms with van der Waals surface area (Å²) in [6.45, 7) is 3.18. The number of hydrogen-bond acceptors (Lipinski definition) is 2. The first kappa shape index (κ1) is 13.4. The standard InChI is InChI=1S/C17H23N3/c1-3-5-17-16(12-20(2)19-17)14-7-4-6-13(10-14)11-18-15-8-9-15/h4,6-7,10,12,15,18H,3,5,8-9,11H2,1-2H3. The van der Waals surface area contributed by atoms with Crippen molar-refractivity contribution in [2.45, 2.75) is 45.2 Å². The predicted octanol–water partition coefficient (Wildman–Crippen LogP) is 3.29. The summed E-state index contributed by atoms with van der Waals surface area (Å²) in [5, 5.41) is 8.17. The fourth-order valence-corrected chi connectivity index (χ4v) is 2.60. The van der Waals surface area contributed by atoms with Crippen molar-refractivity contribution in [3.05, 3.63) is 41.7 Å². The van der Waals surface area contributed by atoms with Crippen LogP contribution in [0.1, 0.15) is 37.4 Å². The molecule has 1 aliphatic carbocycles. The number of nitrogens with one attached hydrogen (secondary N) is 1. The van der Waals surface area contributed by atoms with Gasteiger partial charge in [0, 0.05) is 31.4 Å². The molecule has 1 heterocycles. The molecule has 0 radical (unpaired) electrons. The van der Waals surface area contributed by atoms with Gasteiger partial charge >= 0.3 is 0 Å². The Hall–Kier alpha value is -1.61. The second-order valence-electron chi connectivity index (χ2n) is 5.77. The van der Waals surface area contributed by atoms with Gasteiger partial charge in [-0.15, -0.1) is 0 Å². The highest BCUT2D eigenvalue weighted by Crippen LogP contribution is 2.25. The molecule has 0 unspecified atom stereocenters. The molecule has 0 atom stereocenters. The van der Waals surface area contributed by atoms with E-state index >= 15 is 0 Å². The highest BCUT2D eigenvalue weighted by atomic mass is 15.2. The summed E-state index contributed by atoms with van der Waals surface area (Å²) in [7, 11) is 2.00. The molecule has 1 aromatic heterocycles. The first-order chi connectivity index (χ1) is 9.76. The Morgan fingerprint density at radius 2 is 2.20 bits per heavy atom. The topological polar surface area (TPSA) is 29.9 Å². The second kappa shape index (κ2) is 5.80. The molecule has 1 aromatic carbocycles. The highest BCUT2D eigenvalue weighted by Gasteiger charge is 2.20. The lowest BCUT2D eigenvalue weighted by molar-refractivity contribution is 0.688. The Morgan fingerprint density at radius 3 is 2.95 bits per heavy atom. The van der Waals surface area contributed by atoms with E-state index in [1.54, 1.807) is 0 Å². The van der Waals surface area contributed by atoms with E-state index in [9.17, 15) is 0 Å². The van der Waals surface area contributed by atoms with Crippen LogP contribution in [-0.4, -0.2) is 15.8 Å². The molecule has 0 aliphatic heterocycles. The Kier molecular flexibility index (Phi) is 3.88. The predicted molar refractivity (Wildman–Crippen MR) is 82.5 cm³/mol. The van der Waals surface area contributed by atoms with E-state index in [-0.39, 0.29) is 0 Å². The lowest BCUT2D eigenvalue weighted by atomic mass is 10.0. The third-order valence-corrected chi connectivity index (χ3v) is 3.80. The number of aryl methyl sites for hydroxylation is 2. The van der Waals surface area contributed by atoms with Gasteiger partial charge < -0.3 is 5.32 Å². The normalized spacial score (nSPS) is 14.7. The van der Waals surface area contributed by atoms with Gasteiger partial charge in [0.25, 0.3) is 0 Å². The Balaban J connectivity index is 1.83. The van der Waals surface area contributed by atoms with E-state index in [1.807, 2.05) is 11.7 Å². The van der Waals surface area contributed by atoms with Crippen LogP contribution in [0.2, 0.25) is 0 Å². The Morgan fingerprint density at radius 1 is 1.35 bits per heavy atom. The molecule has 0 saturated heterocycles. The second-order valence-corrected chi connectivity index (χ2v) is 5.77. The van der Waals surface area contributed by atoms with Gasteiger partial charge in [-0.25, -0.2) is 0 Å². The van der Waals surface area contributed by atoms with Crippen LogP contribution in [0.5, 0.6) is 0 Å². The summed E-state index contributed by atoms with van der Waals surface area (Å²) in [5.74, 6) is 0. The SMILES string of the molecule is CCCc1nn(C)cc1-c1cccc(CNC2CC2)c1. The van der Waals surface area contributed by atoms with Crippen LogP contribution < -0.4 is 5.32 Å². The van der Waals surface area contributed by atoms with Crippen molar-refractivity contribution < 1.29 is 0 Å². The van der Waals surface area contributed by atoms with E-state index in [0.717, 1.165) is 25.4 Å². The number of benzene rings is 1. The van der Waals surface area contributed by atoms with Crippen molar-refractivity contribution in [2.75, 3.05) is 0 Å². The molecule has 0 spiro atoms. The highest BCUT2D eigenvalue weighted by molar-refractivity contribution is 5.66. The summed E-state index contributed by atoms with van der Waals surface area (Å²) < 4.78 is 1.93. The lowest BCUT2D eigenvalue weighted by Crippen LogP contribution is -2.15. The van der Waals surface area contributed by atoms with Gasteiger partial charge in [0.05, 0.1) is 5.69 Å². The van der Waals surface area contributed by atoms with Gasteiger partial charge in [-0.2, -0.15) is 5.10 Å². The van der Waals surface area contributed by atoms with Crippen LogP contribution in [0.15, 0.2) is 30.5 Å².